The Labute approximate surface area is 103 Å². The first kappa shape index (κ1) is 12.8. The molecule has 0 aromatic carbocycles. The third-order valence-electron chi connectivity index (χ3n) is 3.86. The number of piperidine rings is 1. The second-order valence-electron chi connectivity index (χ2n) is 5.03. The van der Waals surface area contributed by atoms with E-state index in [4.69, 9.17) is 11.1 Å². The Hall–Kier alpha value is -0.620. The van der Waals surface area contributed by atoms with Crippen LogP contribution in [0.5, 0.6) is 0 Å². The topological polar surface area (TPSA) is 87.2 Å². The van der Waals surface area contributed by atoms with Gasteiger partial charge in [-0.1, -0.05) is 19.3 Å². The van der Waals surface area contributed by atoms with E-state index >= 15 is 0 Å². The van der Waals surface area contributed by atoms with Crippen molar-refractivity contribution in [2.24, 2.45) is 5.73 Å². The number of rotatable bonds is 3. The molecule has 1 heterocycles. The van der Waals surface area contributed by atoms with Crippen molar-refractivity contribution in [3.63, 3.8) is 0 Å². The van der Waals surface area contributed by atoms with Crippen LogP contribution in [0.1, 0.15) is 44.9 Å². The maximum Gasteiger partial charge on any atom is 0.217 e. The van der Waals surface area contributed by atoms with Crippen LogP contribution in [0, 0.1) is 5.41 Å². The third-order valence-corrected chi connectivity index (χ3v) is 6.27. The average molecular weight is 259 g/mol. The van der Waals surface area contributed by atoms with Gasteiger partial charge in [-0.2, -0.15) is 4.31 Å². The van der Waals surface area contributed by atoms with Crippen molar-refractivity contribution in [3.05, 3.63) is 0 Å². The molecule has 0 aromatic heterocycles. The summed E-state index contributed by atoms with van der Waals surface area (Å²) in [5, 5.41) is 7.31. The highest BCUT2D eigenvalue weighted by molar-refractivity contribution is 7.89. The largest absolute Gasteiger partial charge is 0.386 e. The molecule has 5 nitrogen and oxygen atoms in total. The summed E-state index contributed by atoms with van der Waals surface area (Å²) in [7, 11) is -3.24. The molecule has 1 aliphatic heterocycles. The number of nitrogens with one attached hydrogen (secondary N) is 1. The Kier molecular flexibility index (Phi) is 3.73. The van der Waals surface area contributed by atoms with E-state index in [0.29, 0.717) is 13.0 Å². The molecule has 1 saturated carbocycles. The fraction of sp³-hybridized carbons (Fsp3) is 0.909. The van der Waals surface area contributed by atoms with Crippen molar-refractivity contribution < 1.29 is 8.42 Å². The van der Waals surface area contributed by atoms with Crippen molar-refractivity contribution in [2.75, 3.05) is 6.54 Å². The zero-order chi connectivity index (χ0) is 12.5. The molecule has 1 atom stereocenters. The molecule has 2 fully saturated rings. The molecule has 3 N–H and O–H groups in total. The van der Waals surface area contributed by atoms with Gasteiger partial charge in [-0.25, -0.2) is 8.42 Å². The summed E-state index contributed by atoms with van der Waals surface area (Å²) in [6, 6.07) is -0.394. The van der Waals surface area contributed by atoms with Crippen LogP contribution in [0.4, 0.5) is 0 Å². The number of amidine groups is 1. The quantitative estimate of drug-likeness (QED) is 0.586. The normalized spacial score (nSPS) is 28.4. The van der Waals surface area contributed by atoms with E-state index in [1.54, 1.807) is 0 Å². The predicted octanol–water partition coefficient (Wildman–Crippen LogP) is 1.05. The van der Waals surface area contributed by atoms with Crippen LogP contribution in [0.2, 0.25) is 0 Å². The zero-order valence-corrected chi connectivity index (χ0v) is 10.9. The summed E-state index contributed by atoms with van der Waals surface area (Å²) in [4.78, 5) is 0. The molecule has 17 heavy (non-hydrogen) atoms. The minimum Gasteiger partial charge on any atom is -0.386 e. The Morgan fingerprint density at radius 2 is 1.71 bits per heavy atom. The van der Waals surface area contributed by atoms with Gasteiger partial charge in [-0.3, -0.25) is 5.41 Å². The zero-order valence-electron chi connectivity index (χ0n) is 10.1. The minimum atomic E-state index is -3.24. The molecular formula is C11H21N3O2S. The smallest absolute Gasteiger partial charge is 0.217 e. The molecule has 0 aromatic rings. The molecule has 1 unspecified atom stereocenters. The van der Waals surface area contributed by atoms with Gasteiger partial charge in [-0.15, -0.1) is 0 Å². The lowest BCUT2D eigenvalue weighted by Gasteiger charge is -2.35. The Bertz CT molecular complexity index is 388. The lowest BCUT2D eigenvalue weighted by molar-refractivity contribution is 0.300. The summed E-state index contributed by atoms with van der Waals surface area (Å²) in [5.74, 6) is -0.00808. The maximum atomic E-state index is 12.5. The van der Waals surface area contributed by atoms with Crippen LogP contribution >= 0.6 is 0 Å². The highest BCUT2D eigenvalue weighted by atomic mass is 32.2. The van der Waals surface area contributed by atoms with Gasteiger partial charge in [0.15, 0.2) is 0 Å². The Morgan fingerprint density at radius 3 is 2.29 bits per heavy atom. The van der Waals surface area contributed by atoms with Gasteiger partial charge in [0.25, 0.3) is 0 Å². The van der Waals surface area contributed by atoms with E-state index in [1.165, 1.54) is 4.31 Å². The molecule has 6 heteroatoms. The van der Waals surface area contributed by atoms with Gasteiger partial charge in [0.1, 0.15) is 5.84 Å². The molecule has 2 rings (SSSR count). The minimum absolute atomic E-state index is 0.00808. The van der Waals surface area contributed by atoms with Crippen LogP contribution in [0.3, 0.4) is 0 Å². The molecule has 1 aliphatic carbocycles. The first-order valence-electron chi connectivity index (χ1n) is 6.38. The van der Waals surface area contributed by atoms with Crippen LogP contribution in [-0.4, -0.2) is 36.4 Å². The van der Waals surface area contributed by atoms with Gasteiger partial charge in [0, 0.05) is 6.54 Å². The number of hydrogen-bond acceptors (Lipinski definition) is 3. The Balaban J connectivity index is 2.20. The van der Waals surface area contributed by atoms with E-state index in [1.807, 2.05) is 0 Å². The number of nitrogens with zero attached hydrogens (tertiary/aromatic N) is 1. The first-order valence-corrected chi connectivity index (χ1v) is 7.88. The standard InChI is InChI=1S/C11H21N3O2S/c12-11(13)10-7-3-4-8-14(10)17(15,16)9-5-1-2-6-9/h9-10H,1-8H2,(H3,12,13). The van der Waals surface area contributed by atoms with Crippen LogP contribution in [0.15, 0.2) is 0 Å². The van der Waals surface area contributed by atoms with Gasteiger partial charge in [-0.05, 0) is 25.7 Å². The molecule has 98 valence electrons. The van der Waals surface area contributed by atoms with E-state index in [9.17, 15) is 8.42 Å². The second kappa shape index (κ2) is 4.94. The fourth-order valence-electron chi connectivity index (χ4n) is 2.90. The van der Waals surface area contributed by atoms with E-state index in [-0.39, 0.29) is 11.1 Å². The van der Waals surface area contributed by atoms with Crippen LogP contribution in [-0.2, 0) is 10.0 Å². The van der Waals surface area contributed by atoms with Gasteiger partial charge >= 0.3 is 0 Å². The van der Waals surface area contributed by atoms with Crippen molar-refractivity contribution in [1.82, 2.24) is 4.31 Å². The lowest BCUT2D eigenvalue weighted by atomic mass is 10.0. The summed E-state index contributed by atoms with van der Waals surface area (Å²) >= 11 is 0. The summed E-state index contributed by atoms with van der Waals surface area (Å²) in [6.07, 6.45) is 6.08. The maximum absolute atomic E-state index is 12.5. The molecule has 1 saturated heterocycles. The monoisotopic (exact) mass is 259 g/mol. The molecule has 0 bridgehead atoms. The van der Waals surface area contributed by atoms with Gasteiger partial charge < -0.3 is 5.73 Å². The Morgan fingerprint density at radius 1 is 1.12 bits per heavy atom. The summed E-state index contributed by atoms with van der Waals surface area (Å²) in [6.45, 7) is 0.531. The van der Waals surface area contributed by atoms with Gasteiger partial charge in [0.2, 0.25) is 10.0 Å². The number of sulfonamides is 1. The second-order valence-corrected chi connectivity index (χ2v) is 7.19. The van der Waals surface area contributed by atoms with E-state index in [2.05, 4.69) is 0 Å². The van der Waals surface area contributed by atoms with Crippen molar-refractivity contribution >= 4 is 15.9 Å². The molecular weight excluding hydrogens is 238 g/mol. The lowest BCUT2D eigenvalue weighted by Crippen LogP contribution is -2.52. The fourth-order valence-corrected chi connectivity index (χ4v) is 5.17. The number of hydrogen-bond donors (Lipinski definition) is 2. The van der Waals surface area contributed by atoms with E-state index < -0.39 is 16.1 Å². The van der Waals surface area contributed by atoms with Crippen molar-refractivity contribution in [2.45, 2.75) is 56.2 Å². The van der Waals surface area contributed by atoms with Crippen LogP contribution < -0.4 is 5.73 Å². The number of nitrogens with two attached hydrogens (primary N) is 1. The summed E-state index contributed by atoms with van der Waals surface area (Å²) in [5.41, 5.74) is 5.53. The van der Waals surface area contributed by atoms with Crippen molar-refractivity contribution in [3.8, 4) is 0 Å². The van der Waals surface area contributed by atoms with Crippen LogP contribution in [0.25, 0.3) is 0 Å². The SMILES string of the molecule is N=C(N)C1CCCCN1S(=O)(=O)C1CCCC1. The van der Waals surface area contributed by atoms with E-state index in [0.717, 1.165) is 38.5 Å². The predicted molar refractivity (Wildman–Crippen MR) is 67.4 cm³/mol. The third kappa shape index (κ3) is 2.47. The summed E-state index contributed by atoms with van der Waals surface area (Å²) < 4.78 is 26.4. The van der Waals surface area contributed by atoms with Crippen molar-refractivity contribution in [1.29, 1.82) is 5.41 Å². The first-order chi connectivity index (χ1) is 8.03. The molecule has 2 aliphatic rings. The highest BCUT2D eigenvalue weighted by Gasteiger charge is 2.39. The molecule has 0 amide bonds. The highest BCUT2D eigenvalue weighted by Crippen LogP contribution is 2.30. The average Bonchev–Trinajstić information content (AvgIpc) is 2.83. The molecule has 0 radical (unpaired) electrons. The van der Waals surface area contributed by atoms with Gasteiger partial charge in [0.05, 0.1) is 11.3 Å². The molecule has 0 spiro atoms.